The highest BCUT2D eigenvalue weighted by Crippen LogP contribution is 2.37. The van der Waals surface area contributed by atoms with Crippen LogP contribution in [0.3, 0.4) is 0 Å². The Balaban J connectivity index is 1.43. The third kappa shape index (κ3) is 2.90. The van der Waals surface area contributed by atoms with Crippen LogP contribution in [0.4, 0.5) is 4.39 Å². The first kappa shape index (κ1) is 12.9. The van der Waals surface area contributed by atoms with E-state index < -0.39 is 0 Å². The number of aliphatic hydroxyl groups excluding tert-OH is 1. The quantitative estimate of drug-likeness (QED) is 0.902. The number of ether oxygens (including phenoxy) is 1. The van der Waals surface area contributed by atoms with Crippen LogP contribution in [0.1, 0.15) is 12.8 Å². The summed E-state index contributed by atoms with van der Waals surface area (Å²) in [6.07, 6.45) is 2.02. The van der Waals surface area contributed by atoms with Crippen LogP contribution in [0, 0.1) is 17.7 Å². The molecule has 1 heterocycles. The van der Waals surface area contributed by atoms with E-state index in [4.69, 9.17) is 4.74 Å². The fourth-order valence-corrected chi connectivity index (χ4v) is 3.33. The van der Waals surface area contributed by atoms with Gasteiger partial charge in [0.2, 0.25) is 0 Å². The van der Waals surface area contributed by atoms with E-state index in [1.165, 1.54) is 12.1 Å². The van der Waals surface area contributed by atoms with Crippen molar-refractivity contribution in [2.75, 3.05) is 26.2 Å². The van der Waals surface area contributed by atoms with Gasteiger partial charge in [0.1, 0.15) is 18.2 Å². The van der Waals surface area contributed by atoms with Crippen LogP contribution in [0.25, 0.3) is 0 Å². The van der Waals surface area contributed by atoms with Crippen LogP contribution in [-0.4, -0.2) is 42.4 Å². The normalized spacial score (nSPS) is 30.5. The van der Waals surface area contributed by atoms with Gasteiger partial charge >= 0.3 is 0 Å². The molecule has 1 aromatic carbocycles. The Morgan fingerprint density at radius 3 is 2.74 bits per heavy atom. The van der Waals surface area contributed by atoms with Crippen molar-refractivity contribution in [3.8, 4) is 5.75 Å². The zero-order chi connectivity index (χ0) is 13.2. The van der Waals surface area contributed by atoms with E-state index in [9.17, 15) is 9.50 Å². The Bertz CT molecular complexity index is 423. The van der Waals surface area contributed by atoms with Crippen molar-refractivity contribution in [2.45, 2.75) is 18.9 Å². The van der Waals surface area contributed by atoms with E-state index in [1.807, 2.05) is 0 Å². The molecule has 1 aliphatic carbocycles. The zero-order valence-electron chi connectivity index (χ0n) is 11.0. The Kier molecular flexibility index (Phi) is 3.71. The molecule has 0 aromatic heterocycles. The van der Waals surface area contributed by atoms with Crippen LogP contribution < -0.4 is 4.74 Å². The molecule has 4 heteroatoms. The van der Waals surface area contributed by atoms with Crippen molar-refractivity contribution in [3.63, 3.8) is 0 Å². The fourth-order valence-electron chi connectivity index (χ4n) is 3.33. The van der Waals surface area contributed by atoms with Crippen LogP contribution in [-0.2, 0) is 0 Å². The fraction of sp³-hybridized carbons (Fsp3) is 0.600. The van der Waals surface area contributed by atoms with E-state index >= 15 is 0 Å². The summed E-state index contributed by atoms with van der Waals surface area (Å²) in [6.45, 7) is 3.55. The van der Waals surface area contributed by atoms with E-state index in [1.54, 1.807) is 12.1 Å². The molecule has 1 aromatic rings. The third-order valence-corrected chi connectivity index (χ3v) is 4.38. The summed E-state index contributed by atoms with van der Waals surface area (Å²) in [5.74, 6) is 1.60. The Morgan fingerprint density at radius 2 is 2.00 bits per heavy atom. The predicted molar refractivity (Wildman–Crippen MR) is 70.6 cm³/mol. The number of nitrogens with zero attached hydrogens (tertiary/aromatic N) is 1. The number of fused-ring (bicyclic) bond motifs is 1. The van der Waals surface area contributed by atoms with Crippen LogP contribution in [0.5, 0.6) is 5.75 Å². The minimum absolute atomic E-state index is 0.104. The molecule has 3 nitrogen and oxygen atoms in total. The molecule has 2 aliphatic rings. The standard InChI is InChI=1S/C15H20FNO2/c16-12-2-4-13(5-3-12)19-8-7-17-9-11-1-6-15(18)14(11)10-17/h2-5,11,14-15,18H,1,6-10H2. The van der Waals surface area contributed by atoms with Gasteiger partial charge in [-0.2, -0.15) is 0 Å². The summed E-state index contributed by atoms with van der Waals surface area (Å²) in [7, 11) is 0. The molecule has 0 amide bonds. The Morgan fingerprint density at radius 1 is 1.21 bits per heavy atom. The molecule has 1 saturated carbocycles. The Labute approximate surface area is 113 Å². The molecular weight excluding hydrogens is 245 g/mol. The van der Waals surface area contributed by atoms with Gasteiger partial charge in [-0.05, 0) is 43.0 Å². The molecule has 3 rings (SSSR count). The number of hydrogen-bond donors (Lipinski definition) is 1. The predicted octanol–water partition coefficient (Wildman–Crippen LogP) is 1.91. The first-order valence-corrected chi connectivity index (χ1v) is 7.01. The van der Waals surface area contributed by atoms with Gasteiger partial charge in [-0.1, -0.05) is 0 Å². The number of benzene rings is 1. The second-order valence-corrected chi connectivity index (χ2v) is 5.63. The summed E-state index contributed by atoms with van der Waals surface area (Å²) >= 11 is 0. The van der Waals surface area contributed by atoms with Crippen molar-refractivity contribution in [1.82, 2.24) is 4.90 Å². The van der Waals surface area contributed by atoms with Gasteiger partial charge in [0.05, 0.1) is 6.10 Å². The summed E-state index contributed by atoms with van der Waals surface area (Å²) in [6, 6.07) is 6.12. The minimum Gasteiger partial charge on any atom is -0.492 e. The van der Waals surface area contributed by atoms with E-state index in [-0.39, 0.29) is 11.9 Å². The lowest BCUT2D eigenvalue weighted by Gasteiger charge is -2.18. The lowest BCUT2D eigenvalue weighted by atomic mass is 10.00. The highest BCUT2D eigenvalue weighted by atomic mass is 19.1. The van der Waals surface area contributed by atoms with Gasteiger partial charge in [0.25, 0.3) is 0 Å². The molecule has 2 fully saturated rings. The lowest BCUT2D eigenvalue weighted by Crippen LogP contribution is -2.28. The molecule has 0 spiro atoms. The molecule has 3 unspecified atom stereocenters. The summed E-state index contributed by atoms with van der Waals surface area (Å²) < 4.78 is 18.3. The number of halogens is 1. The number of hydrogen-bond acceptors (Lipinski definition) is 3. The van der Waals surface area contributed by atoms with Crippen molar-refractivity contribution >= 4 is 0 Å². The molecule has 1 saturated heterocycles. The van der Waals surface area contributed by atoms with Crippen LogP contribution in [0.2, 0.25) is 0 Å². The molecule has 0 radical (unpaired) electrons. The first-order chi connectivity index (χ1) is 9.22. The first-order valence-electron chi connectivity index (χ1n) is 7.01. The van der Waals surface area contributed by atoms with E-state index in [0.717, 1.165) is 32.5 Å². The average Bonchev–Trinajstić information content (AvgIpc) is 2.95. The monoisotopic (exact) mass is 265 g/mol. The maximum absolute atomic E-state index is 12.7. The third-order valence-electron chi connectivity index (χ3n) is 4.38. The number of likely N-dealkylation sites (tertiary alicyclic amines) is 1. The van der Waals surface area contributed by atoms with E-state index in [0.29, 0.717) is 24.2 Å². The largest absolute Gasteiger partial charge is 0.492 e. The molecule has 0 bridgehead atoms. The van der Waals surface area contributed by atoms with Crippen LogP contribution in [0.15, 0.2) is 24.3 Å². The molecular formula is C15H20FNO2. The molecule has 19 heavy (non-hydrogen) atoms. The minimum atomic E-state index is -0.242. The van der Waals surface area contributed by atoms with Gasteiger partial charge in [-0.15, -0.1) is 0 Å². The topological polar surface area (TPSA) is 32.7 Å². The SMILES string of the molecule is OC1CCC2CN(CCOc3ccc(F)cc3)CC12. The van der Waals surface area contributed by atoms with Gasteiger partial charge in [-0.25, -0.2) is 4.39 Å². The molecule has 1 aliphatic heterocycles. The van der Waals surface area contributed by atoms with Crippen LogP contribution >= 0.6 is 0 Å². The van der Waals surface area contributed by atoms with Gasteiger partial charge in [-0.3, -0.25) is 4.90 Å². The highest BCUT2D eigenvalue weighted by molar-refractivity contribution is 5.21. The second-order valence-electron chi connectivity index (χ2n) is 5.63. The summed E-state index contributed by atoms with van der Waals surface area (Å²) in [5, 5.41) is 9.85. The highest BCUT2D eigenvalue weighted by Gasteiger charge is 2.41. The zero-order valence-corrected chi connectivity index (χ0v) is 11.0. The van der Waals surface area contributed by atoms with Crippen molar-refractivity contribution in [1.29, 1.82) is 0 Å². The maximum Gasteiger partial charge on any atom is 0.123 e. The summed E-state index contributed by atoms with van der Waals surface area (Å²) in [5.41, 5.74) is 0. The molecule has 1 N–H and O–H groups in total. The molecule has 104 valence electrons. The van der Waals surface area contributed by atoms with Gasteiger partial charge < -0.3 is 9.84 Å². The smallest absolute Gasteiger partial charge is 0.123 e. The van der Waals surface area contributed by atoms with Gasteiger partial charge in [0.15, 0.2) is 0 Å². The number of aliphatic hydroxyl groups is 1. The summed E-state index contributed by atoms with van der Waals surface area (Å²) in [4.78, 5) is 2.36. The molecule has 3 atom stereocenters. The van der Waals surface area contributed by atoms with Crippen molar-refractivity contribution < 1.29 is 14.2 Å². The maximum atomic E-state index is 12.7. The average molecular weight is 265 g/mol. The second kappa shape index (κ2) is 5.47. The Hall–Kier alpha value is -1.13. The van der Waals surface area contributed by atoms with Crippen molar-refractivity contribution in [2.24, 2.45) is 11.8 Å². The van der Waals surface area contributed by atoms with Gasteiger partial charge in [0, 0.05) is 25.6 Å². The number of rotatable bonds is 4. The lowest BCUT2D eigenvalue weighted by molar-refractivity contribution is 0.122. The van der Waals surface area contributed by atoms with Crippen molar-refractivity contribution in [3.05, 3.63) is 30.1 Å². The van der Waals surface area contributed by atoms with E-state index in [2.05, 4.69) is 4.90 Å².